The first-order valence-electron chi connectivity index (χ1n) is 11.7. The minimum absolute atomic E-state index is 0.0305. The highest BCUT2D eigenvalue weighted by atomic mass is 16.3. The van der Waals surface area contributed by atoms with Crippen molar-refractivity contribution in [3.05, 3.63) is 35.7 Å². The van der Waals surface area contributed by atoms with Crippen LogP contribution in [0.2, 0.25) is 0 Å². The fourth-order valence-corrected chi connectivity index (χ4v) is 6.35. The third kappa shape index (κ3) is 3.32. The number of fused-ring (bicyclic) bond motifs is 3. The molecule has 0 bridgehead atoms. The van der Waals surface area contributed by atoms with E-state index in [-0.39, 0.29) is 30.1 Å². The number of amides is 1. The number of rotatable bonds is 3. The molecule has 2 aromatic rings. The van der Waals surface area contributed by atoms with Crippen LogP contribution < -0.4 is 11.5 Å². The van der Waals surface area contributed by atoms with E-state index < -0.39 is 64.4 Å². The summed E-state index contributed by atoms with van der Waals surface area (Å²) in [4.78, 5) is 75.4. The van der Waals surface area contributed by atoms with Crippen molar-refractivity contribution in [1.29, 1.82) is 0 Å². The Morgan fingerprint density at radius 3 is 2.35 bits per heavy atom. The molecular weight excluding hydrogens is 482 g/mol. The lowest BCUT2D eigenvalue weighted by Crippen LogP contribution is -2.74. The molecule has 0 saturated heterocycles. The minimum atomic E-state index is -2.76. The van der Waals surface area contributed by atoms with Crippen LogP contribution in [0.4, 0.5) is 5.95 Å². The Morgan fingerprint density at radius 1 is 1.11 bits per heavy atom. The maximum absolute atomic E-state index is 13.8. The van der Waals surface area contributed by atoms with Crippen LogP contribution >= 0.6 is 0 Å². The number of aromatic hydroxyl groups is 1. The maximum Gasteiger partial charge on any atom is 0.235 e. The van der Waals surface area contributed by atoms with E-state index in [2.05, 4.69) is 9.97 Å². The van der Waals surface area contributed by atoms with Crippen LogP contribution in [0.3, 0.4) is 0 Å². The fourth-order valence-electron chi connectivity index (χ4n) is 6.35. The number of phenolic OH excluding ortho intramolecular Hbond substituents is 1. The monoisotopic (exact) mass is 507 g/mol. The number of hydrogen-bond donors (Lipinski definition) is 4. The number of nitrogen functional groups attached to an aromatic ring is 1. The molecule has 0 spiro atoms. The summed E-state index contributed by atoms with van der Waals surface area (Å²) in [5.74, 6) is -10.8. The first-order valence-corrected chi connectivity index (χ1v) is 11.7. The standard InChI is InChI=1S/C25H25N5O7/c1-30(2)18-13-6-9-5-12-11(10-7-28-24(27)29-8-10)3-4-14(31)16(12)19(32)15(9)21(34)25(13,37)22(35)17(20(18)33)23(26)36/h3-4,7-9,13,15,17-18,31,37H,5-6H2,1-2H3,(H2,26,36)(H2,27,28,29)/t9-,13-,15?,17?,18+,25-/m0/s1. The van der Waals surface area contributed by atoms with Crippen LogP contribution in [-0.2, 0) is 25.6 Å². The van der Waals surface area contributed by atoms with Gasteiger partial charge in [0.25, 0.3) is 0 Å². The topological polar surface area (TPSA) is 207 Å². The fraction of sp³-hybridized carbons (Fsp3) is 0.400. The Balaban J connectivity index is 1.66. The number of hydrogen-bond acceptors (Lipinski definition) is 11. The summed E-state index contributed by atoms with van der Waals surface area (Å²) in [6.45, 7) is 0. The van der Waals surface area contributed by atoms with Gasteiger partial charge < -0.3 is 21.7 Å². The maximum atomic E-state index is 13.8. The van der Waals surface area contributed by atoms with Gasteiger partial charge in [-0.15, -0.1) is 0 Å². The van der Waals surface area contributed by atoms with Gasteiger partial charge in [-0.3, -0.25) is 28.9 Å². The molecular formula is C25H25N5O7. The van der Waals surface area contributed by atoms with Crippen molar-refractivity contribution in [2.24, 2.45) is 29.4 Å². The van der Waals surface area contributed by atoms with Crippen LogP contribution in [0.25, 0.3) is 11.1 Å². The van der Waals surface area contributed by atoms with Crippen molar-refractivity contribution in [3.63, 3.8) is 0 Å². The van der Waals surface area contributed by atoms with Crippen molar-refractivity contribution in [2.45, 2.75) is 24.5 Å². The van der Waals surface area contributed by atoms with E-state index in [0.29, 0.717) is 16.7 Å². The number of anilines is 1. The van der Waals surface area contributed by atoms with Crippen molar-refractivity contribution in [3.8, 4) is 16.9 Å². The zero-order valence-corrected chi connectivity index (χ0v) is 20.0. The van der Waals surface area contributed by atoms with E-state index in [4.69, 9.17) is 11.5 Å². The van der Waals surface area contributed by atoms with Gasteiger partial charge >= 0.3 is 0 Å². The molecule has 2 unspecified atom stereocenters. The number of Topliss-reactive ketones (excluding diaryl/α,β-unsaturated/α-hetero) is 4. The molecule has 6 atom stereocenters. The highest BCUT2D eigenvalue weighted by molar-refractivity contribution is 6.32. The van der Waals surface area contributed by atoms with Gasteiger partial charge in [0.15, 0.2) is 34.7 Å². The van der Waals surface area contributed by atoms with Gasteiger partial charge in [-0.2, -0.15) is 0 Å². The molecule has 3 aliphatic carbocycles. The number of aliphatic hydroxyl groups is 1. The van der Waals surface area contributed by atoms with E-state index in [1.807, 2.05) is 0 Å². The Labute approximate surface area is 210 Å². The first-order chi connectivity index (χ1) is 17.4. The number of benzene rings is 1. The number of aromatic nitrogens is 2. The Kier molecular flexibility index (Phi) is 5.50. The molecule has 1 amide bonds. The Hall–Kier alpha value is -4.03. The number of ketones is 4. The third-order valence-electron chi connectivity index (χ3n) is 7.93. The van der Waals surface area contributed by atoms with Gasteiger partial charge in [0.05, 0.1) is 17.5 Å². The summed E-state index contributed by atoms with van der Waals surface area (Å²) in [7, 11) is 3.07. The van der Waals surface area contributed by atoms with E-state index in [1.54, 1.807) is 6.07 Å². The molecule has 12 nitrogen and oxygen atoms in total. The molecule has 1 heterocycles. The lowest BCUT2D eigenvalue weighted by atomic mass is 9.52. The van der Waals surface area contributed by atoms with Crippen LogP contribution in [-0.4, -0.2) is 79.9 Å². The lowest BCUT2D eigenvalue weighted by Gasteiger charge is -2.52. The average molecular weight is 508 g/mol. The van der Waals surface area contributed by atoms with E-state index in [9.17, 15) is 34.2 Å². The van der Waals surface area contributed by atoms with Crippen LogP contribution in [0, 0.1) is 23.7 Å². The number of phenols is 1. The number of likely N-dealkylation sites (N-methyl/N-ethyl adjacent to an activating group) is 1. The largest absolute Gasteiger partial charge is 0.507 e. The summed E-state index contributed by atoms with van der Waals surface area (Å²) >= 11 is 0. The normalized spacial score (nSPS) is 31.1. The predicted molar refractivity (Wildman–Crippen MR) is 127 cm³/mol. The van der Waals surface area contributed by atoms with E-state index in [0.717, 1.165) is 0 Å². The van der Waals surface area contributed by atoms with Gasteiger partial charge in [0.2, 0.25) is 11.9 Å². The van der Waals surface area contributed by atoms with Crippen LogP contribution in [0.15, 0.2) is 24.5 Å². The highest BCUT2D eigenvalue weighted by Crippen LogP contribution is 2.51. The summed E-state index contributed by atoms with van der Waals surface area (Å²) in [5.41, 5.74) is 9.61. The Morgan fingerprint density at radius 2 is 1.76 bits per heavy atom. The summed E-state index contributed by atoms with van der Waals surface area (Å²) in [6.07, 6.45) is 3.05. The summed E-state index contributed by atoms with van der Waals surface area (Å²) in [6, 6.07) is 1.75. The molecule has 0 aliphatic heterocycles. The molecule has 2 fully saturated rings. The van der Waals surface area contributed by atoms with Gasteiger partial charge in [-0.1, -0.05) is 6.07 Å². The SMILES string of the molecule is CN(C)[C@H]1C(=O)C(C(N)=O)C(=O)[C@@]2(O)C(=O)C3C(=O)c4c(O)ccc(-c5cnc(N)nc5)c4C[C@H]3C[C@@H]12. The molecule has 3 aliphatic rings. The molecule has 1 aromatic carbocycles. The first kappa shape index (κ1) is 24.7. The van der Waals surface area contributed by atoms with Gasteiger partial charge in [0.1, 0.15) is 5.75 Å². The zero-order valence-electron chi connectivity index (χ0n) is 20.0. The smallest absolute Gasteiger partial charge is 0.235 e. The molecule has 192 valence electrons. The second-order valence-electron chi connectivity index (χ2n) is 10.1. The van der Waals surface area contributed by atoms with E-state index in [1.165, 1.54) is 37.5 Å². The third-order valence-corrected chi connectivity index (χ3v) is 7.93. The lowest BCUT2D eigenvalue weighted by molar-refractivity contribution is -0.181. The van der Waals surface area contributed by atoms with Crippen molar-refractivity contribution < 1.29 is 34.2 Å². The molecule has 37 heavy (non-hydrogen) atoms. The second-order valence-corrected chi connectivity index (χ2v) is 10.1. The van der Waals surface area contributed by atoms with Crippen molar-refractivity contribution >= 4 is 35.0 Å². The van der Waals surface area contributed by atoms with Crippen LogP contribution in [0.1, 0.15) is 22.3 Å². The molecule has 5 rings (SSSR count). The van der Waals surface area contributed by atoms with Crippen molar-refractivity contribution in [2.75, 3.05) is 19.8 Å². The molecule has 12 heteroatoms. The van der Waals surface area contributed by atoms with Crippen molar-refractivity contribution in [1.82, 2.24) is 14.9 Å². The predicted octanol–water partition coefficient (Wildman–Crippen LogP) is -1.09. The Bertz CT molecular complexity index is 1390. The number of carbonyl (C=O) groups excluding carboxylic acids is 5. The number of carbonyl (C=O) groups is 5. The number of primary amides is 1. The van der Waals surface area contributed by atoms with Gasteiger partial charge in [0, 0.05) is 23.9 Å². The number of nitrogens with zero attached hydrogens (tertiary/aromatic N) is 3. The number of nitrogens with two attached hydrogens (primary N) is 2. The highest BCUT2D eigenvalue weighted by Gasteiger charge is 2.69. The molecule has 1 aromatic heterocycles. The quantitative estimate of drug-likeness (QED) is 0.367. The molecule has 2 saturated carbocycles. The average Bonchev–Trinajstić information content (AvgIpc) is 2.82. The van der Waals surface area contributed by atoms with Gasteiger partial charge in [-0.25, -0.2) is 9.97 Å². The van der Waals surface area contributed by atoms with Crippen LogP contribution in [0.5, 0.6) is 5.75 Å². The van der Waals surface area contributed by atoms with Gasteiger partial charge in [-0.05, 0) is 50.0 Å². The zero-order chi connectivity index (χ0) is 27.0. The molecule has 6 N–H and O–H groups in total. The summed E-state index contributed by atoms with van der Waals surface area (Å²) in [5, 5.41) is 22.2. The van der Waals surface area contributed by atoms with E-state index >= 15 is 0 Å². The second kappa shape index (κ2) is 8.25. The summed E-state index contributed by atoms with van der Waals surface area (Å²) < 4.78 is 0. The minimum Gasteiger partial charge on any atom is -0.507 e. The molecule has 0 radical (unpaired) electrons.